The topological polar surface area (TPSA) is 32.3 Å². The van der Waals surface area contributed by atoms with E-state index in [-0.39, 0.29) is 0 Å². The summed E-state index contributed by atoms with van der Waals surface area (Å²) < 4.78 is 75.3. The molecule has 0 spiro atoms. The van der Waals surface area contributed by atoms with Gasteiger partial charge >= 0.3 is 18.4 Å². The first-order valence-corrected chi connectivity index (χ1v) is 4.52. The Balaban J connectivity index is 5.47. The summed E-state index contributed by atoms with van der Waals surface area (Å²) >= 11 is 0. The van der Waals surface area contributed by atoms with Gasteiger partial charge in [-0.1, -0.05) is 6.92 Å². The molecule has 0 aromatic carbocycles. The molecule has 102 valence electrons. The quantitative estimate of drug-likeness (QED) is 0.765. The largest absolute Gasteiger partial charge is 0.420 e. The maximum Gasteiger partial charge on any atom is 0.420 e. The van der Waals surface area contributed by atoms with Crippen LogP contribution in [-0.2, 0) is 0 Å². The van der Waals surface area contributed by atoms with Gasteiger partial charge in [-0.05, 0) is 6.42 Å². The van der Waals surface area contributed by atoms with Gasteiger partial charge in [-0.3, -0.25) is 0 Å². The average molecular weight is 266 g/mol. The molecule has 0 aliphatic carbocycles. The number of amides is 2. The van der Waals surface area contributed by atoms with Gasteiger partial charge in [0, 0.05) is 14.1 Å². The van der Waals surface area contributed by atoms with Gasteiger partial charge < -0.3 is 10.2 Å². The van der Waals surface area contributed by atoms with Gasteiger partial charge in [-0.15, -0.1) is 0 Å². The number of rotatable bonds is 2. The predicted octanol–water partition coefficient (Wildman–Crippen LogP) is 2.53. The van der Waals surface area contributed by atoms with E-state index in [0.717, 1.165) is 19.4 Å². The zero-order chi connectivity index (χ0) is 14.1. The van der Waals surface area contributed by atoms with E-state index in [1.165, 1.54) is 0 Å². The second-order valence-electron chi connectivity index (χ2n) is 3.58. The minimum absolute atomic E-state index is 0.599. The van der Waals surface area contributed by atoms with Gasteiger partial charge in [0.05, 0.1) is 0 Å². The van der Waals surface area contributed by atoms with Gasteiger partial charge in [-0.2, -0.15) is 26.3 Å². The van der Waals surface area contributed by atoms with Gasteiger partial charge in [0.25, 0.3) is 0 Å². The monoisotopic (exact) mass is 266 g/mol. The zero-order valence-corrected chi connectivity index (χ0v) is 9.33. The lowest BCUT2D eigenvalue weighted by molar-refractivity contribution is -0.304. The van der Waals surface area contributed by atoms with E-state index in [1.54, 1.807) is 0 Å². The van der Waals surface area contributed by atoms with Crippen LogP contribution in [0.3, 0.4) is 0 Å². The first-order valence-electron chi connectivity index (χ1n) is 4.52. The number of alkyl halides is 6. The van der Waals surface area contributed by atoms with Crippen molar-refractivity contribution in [1.82, 2.24) is 10.2 Å². The maximum absolute atomic E-state index is 12.5. The van der Waals surface area contributed by atoms with Crippen LogP contribution in [-0.4, -0.2) is 42.9 Å². The zero-order valence-electron chi connectivity index (χ0n) is 9.33. The molecule has 0 rings (SSSR count). The van der Waals surface area contributed by atoms with Crippen LogP contribution in [0, 0.1) is 0 Å². The summed E-state index contributed by atoms with van der Waals surface area (Å²) in [5.74, 6) is 0. The van der Waals surface area contributed by atoms with Gasteiger partial charge in [0.15, 0.2) is 0 Å². The Morgan fingerprint density at radius 1 is 1.06 bits per heavy atom. The number of hydrogen-bond donors (Lipinski definition) is 1. The van der Waals surface area contributed by atoms with E-state index in [9.17, 15) is 31.1 Å². The molecule has 0 atom stereocenters. The van der Waals surface area contributed by atoms with Crippen molar-refractivity contribution in [1.29, 1.82) is 0 Å². The Kier molecular flexibility index (Phi) is 4.30. The van der Waals surface area contributed by atoms with Crippen molar-refractivity contribution >= 4 is 6.03 Å². The summed E-state index contributed by atoms with van der Waals surface area (Å²) in [7, 11) is 2.09. The summed E-state index contributed by atoms with van der Waals surface area (Å²) in [5.41, 5.74) is -4.22. The fourth-order valence-corrected chi connectivity index (χ4v) is 1.09. The first-order chi connectivity index (χ1) is 7.39. The minimum Gasteiger partial charge on any atom is -0.331 e. The van der Waals surface area contributed by atoms with Crippen LogP contribution in [0.1, 0.15) is 13.3 Å². The minimum atomic E-state index is -5.62. The van der Waals surface area contributed by atoms with Crippen LogP contribution in [0.5, 0.6) is 0 Å². The van der Waals surface area contributed by atoms with Crippen LogP contribution in [0.15, 0.2) is 0 Å². The van der Waals surface area contributed by atoms with E-state index in [4.69, 9.17) is 0 Å². The molecule has 17 heavy (non-hydrogen) atoms. The highest BCUT2D eigenvalue weighted by molar-refractivity contribution is 5.74. The van der Waals surface area contributed by atoms with Crippen molar-refractivity contribution in [2.75, 3.05) is 14.1 Å². The van der Waals surface area contributed by atoms with Crippen LogP contribution in [0.2, 0.25) is 0 Å². The van der Waals surface area contributed by atoms with Crippen molar-refractivity contribution in [3.8, 4) is 0 Å². The summed E-state index contributed by atoms with van der Waals surface area (Å²) in [6, 6.07) is -1.46. The van der Waals surface area contributed by atoms with E-state index in [0.29, 0.717) is 11.8 Å². The van der Waals surface area contributed by atoms with E-state index in [2.05, 4.69) is 0 Å². The summed E-state index contributed by atoms with van der Waals surface area (Å²) in [4.78, 5) is 11.6. The fraction of sp³-hybridized carbons (Fsp3) is 0.875. The van der Waals surface area contributed by atoms with Crippen LogP contribution in [0.25, 0.3) is 0 Å². The molecular formula is C8H12F6N2O. The van der Waals surface area contributed by atoms with Crippen molar-refractivity contribution in [2.24, 2.45) is 0 Å². The number of hydrogen-bond acceptors (Lipinski definition) is 1. The van der Waals surface area contributed by atoms with E-state index in [1.807, 2.05) is 0 Å². The first kappa shape index (κ1) is 15.9. The third-order valence-electron chi connectivity index (χ3n) is 2.22. The summed E-state index contributed by atoms with van der Waals surface area (Å²) in [6.45, 7) is 0.705. The Morgan fingerprint density at radius 3 is 1.59 bits per heavy atom. The van der Waals surface area contributed by atoms with Crippen molar-refractivity contribution in [2.45, 2.75) is 31.2 Å². The summed E-state index contributed by atoms with van der Waals surface area (Å²) in [5, 5.41) is 0.997. The Labute approximate surface area is 93.8 Å². The van der Waals surface area contributed by atoms with Crippen molar-refractivity contribution in [3.63, 3.8) is 0 Å². The standard InChI is InChI=1S/C8H12F6N2O/c1-4-6(7(9,10)11,8(12,13)14)15-5(17)16(2)3/h4H2,1-3H3,(H,15,17). The molecule has 0 aliphatic rings. The molecule has 3 nitrogen and oxygen atoms in total. The predicted molar refractivity (Wildman–Crippen MR) is 47.4 cm³/mol. The van der Waals surface area contributed by atoms with Crippen LogP contribution >= 0.6 is 0 Å². The second kappa shape index (κ2) is 4.61. The van der Waals surface area contributed by atoms with Crippen molar-refractivity contribution in [3.05, 3.63) is 0 Å². The van der Waals surface area contributed by atoms with E-state index >= 15 is 0 Å². The lowest BCUT2D eigenvalue weighted by atomic mass is 9.94. The van der Waals surface area contributed by atoms with E-state index < -0.39 is 30.3 Å². The summed E-state index contributed by atoms with van der Waals surface area (Å²) in [6.07, 6.45) is -12.6. The highest BCUT2D eigenvalue weighted by Crippen LogP contribution is 2.45. The Morgan fingerprint density at radius 2 is 1.41 bits per heavy atom. The van der Waals surface area contributed by atoms with Crippen molar-refractivity contribution < 1.29 is 31.1 Å². The molecule has 0 fully saturated rings. The molecule has 1 N–H and O–H groups in total. The molecule has 0 saturated carbocycles. The highest BCUT2D eigenvalue weighted by Gasteiger charge is 2.70. The Bertz CT molecular complexity index is 269. The number of carbonyl (C=O) groups is 1. The molecule has 9 heteroatoms. The molecule has 0 aliphatic heterocycles. The maximum atomic E-state index is 12.5. The molecule has 0 unspecified atom stereocenters. The lowest BCUT2D eigenvalue weighted by Gasteiger charge is -2.37. The van der Waals surface area contributed by atoms with Crippen LogP contribution in [0.4, 0.5) is 31.1 Å². The number of nitrogens with zero attached hydrogens (tertiary/aromatic N) is 1. The highest BCUT2D eigenvalue weighted by atomic mass is 19.4. The number of nitrogens with one attached hydrogen (secondary N) is 1. The fourth-order valence-electron chi connectivity index (χ4n) is 1.09. The normalized spacial score (nSPS) is 13.5. The van der Waals surface area contributed by atoms with Crippen LogP contribution < -0.4 is 5.32 Å². The molecule has 0 aromatic rings. The van der Waals surface area contributed by atoms with Gasteiger partial charge in [0.1, 0.15) is 0 Å². The number of halogens is 6. The second-order valence-corrected chi connectivity index (χ2v) is 3.58. The lowest BCUT2D eigenvalue weighted by Crippen LogP contribution is -2.68. The van der Waals surface area contributed by atoms with Gasteiger partial charge in [0.2, 0.25) is 5.54 Å². The third-order valence-corrected chi connectivity index (χ3v) is 2.22. The number of urea groups is 1. The molecule has 2 amide bonds. The third kappa shape index (κ3) is 2.95. The molecule has 0 aromatic heterocycles. The molecule has 0 bridgehead atoms. The molecular weight excluding hydrogens is 254 g/mol. The molecule has 0 saturated heterocycles. The smallest absolute Gasteiger partial charge is 0.331 e. The molecule has 0 heterocycles. The molecule has 0 radical (unpaired) electrons. The number of carbonyl (C=O) groups excluding carboxylic acids is 1. The average Bonchev–Trinajstić information content (AvgIpc) is 2.09. The van der Waals surface area contributed by atoms with Gasteiger partial charge in [-0.25, -0.2) is 4.79 Å². The Hall–Kier alpha value is -1.15. The SMILES string of the molecule is CCC(NC(=O)N(C)C)(C(F)(F)F)C(F)(F)F.